The van der Waals surface area contributed by atoms with Crippen LogP contribution in [-0.2, 0) is 4.57 Å². The molecule has 0 fully saturated rings. The lowest BCUT2D eigenvalue weighted by Gasteiger charge is -2.21. The quantitative estimate of drug-likeness (QED) is 0.359. The van der Waals surface area contributed by atoms with Gasteiger partial charge in [0.2, 0.25) is 0 Å². The van der Waals surface area contributed by atoms with Gasteiger partial charge < -0.3 is 23.9 Å². The van der Waals surface area contributed by atoms with Crippen molar-refractivity contribution in [2.75, 3.05) is 19.7 Å². The SMILES string of the molecule is CP(C)(=O)COc1ncc(-c2ccc3nc4n(c3c2)C2CC4NC(=O)c3cccc(OC(F)F)c32)cn1. The molecule has 2 aromatic heterocycles. The Kier molecular flexibility index (Phi) is 5.49. The maximum atomic E-state index is 13.2. The predicted molar refractivity (Wildman–Crippen MR) is 132 cm³/mol. The van der Waals surface area contributed by atoms with E-state index in [-0.39, 0.29) is 30.1 Å². The van der Waals surface area contributed by atoms with Crippen molar-refractivity contribution >= 4 is 24.1 Å². The molecule has 0 spiro atoms. The first kappa shape index (κ1) is 23.5. The molecule has 2 atom stereocenters. The molecule has 0 aliphatic carbocycles. The van der Waals surface area contributed by atoms with Crippen LogP contribution in [0.4, 0.5) is 8.78 Å². The molecule has 37 heavy (non-hydrogen) atoms. The molecule has 2 bridgehead atoms. The lowest BCUT2D eigenvalue weighted by molar-refractivity contribution is -0.0507. The van der Waals surface area contributed by atoms with E-state index in [1.54, 1.807) is 31.8 Å². The summed E-state index contributed by atoms with van der Waals surface area (Å²) in [6.45, 7) is 0.238. The molecule has 9 nitrogen and oxygen atoms in total. The van der Waals surface area contributed by atoms with Crippen molar-refractivity contribution < 1.29 is 27.6 Å². The summed E-state index contributed by atoms with van der Waals surface area (Å²) < 4.78 is 50.5. The number of nitrogens with one attached hydrogen (secondary N) is 1. The Morgan fingerprint density at radius 1 is 1.16 bits per heavy atom. The van der Waals surface area contributed by atoms with E-state index in [1.165, 1.54) is 12.1 Å². The molecule has 2 aromatic carbocycles. The minimum absolute atomic E-state index is 0.0214. The molecule has 2 aliphatic heterocycles. The number of carbonyl (C=O) groups is 1. The van der Waals surface area contributed by atoms with Crippen LogP contribution >= 0.6 is 7.14 Å². The Morgan fingerprint density at radius 3 is 2.68 bits per heavy atom. The lowest BCUT2D eigenvalue weighted by Crippen LogP contribution is -2.28. The third-order valence-corrected chi connectivity index (χ3v) is 7.18. The van der Waals surface area contributed by atoms with Crippen LogP contribution in [0.1, 0.15) is 40.3 Å². The van der Waals surface area contributed by atoms with Gasteiger partial charge in [0.25, 0.3) is 5.91 Å². The Morgan fingerprint density at radius 2 is 1.95 bits per heavy atom. The molecule has 190 valence electrons. The van der Waals surface area contributed by atoms with Crippen molar-refractivity contribution in [2.24, 2.45) is 0 Å². The first-order valence-corrected chi connectivity index (χ1v) is 14.4. The summed E-state index contributed by atoms with van der Waals surface area (Å²) >= 11 is 0. The zero-order valence-electron chi connectivity index (χ0n) is 19.9. The molecule has 0 saturated heterocycles. The fraction of sp³-hybridized carbons (Fsp3) is 0.280. The predicted octanol–water partition coefficient (Wildman–Crippen LogP) is 4.83. The van der Waals surface area contributed by atoms with E-state index in [4.69, 9.17) is 14.5 Å². The van der Waals surface area contributed by atoms with E-state index >= 15 is 0 Å². The molecular formula is C25H22F2N5O4P. The highest BCUT2D eigenvalue weighted by molar-refractivity contribution is 7.62. The van der Waals surface area contributed by atoms with E-state index < -0.39 is 19.8 Å². The number of carbonyl (C=O) groups excluding carboxylic acids is 1. The largest absolute Gasteiger partial charge is 0.456 e. The topological polar surface area (TPSA) is 108 Å². The molecule has 6 rings (SSSR count). The van der Waals surface area contributed by atoms with Crippen LogP contribution in [-0.4, -0.2) is 51.7 Å². The van der Waals surface area contributed by atoms with Crippen molar-refractivity contribution in [1.29, 1.82) is 0 Å². The highest BCUT2D eigenvalue weighted by Crippen LogP contribution is 2.47. The Labute approximate surface area is 210 Å². The van der Waals surface area contributed by atoms with Crippen LogP contribution in [0.5, 0.6) is 11.8 Å². The number of imidazole rings is 1. The number of alkyl halides is 2. The summed E-state index contributed by atoms with van der Waals surface area (Å²) in [5, 5.41) is 2.98. The smallest absolute Gasteiger partial charge is 0.387 e. The van der Waals surface area contributed by atoms with Crippen molar-refractivity contribution in [1.82, 2.24) is 24.8 Å². The van der Waals surface area contributed by atoms with Gasteiger partial charge >= 0.3 is 12.6 Å². The highest BCUT2D eigenvalue weighted by Gasteiger charge is 2.42. The van der Waals surface area contributed by atoms with Gasteiger partial charge in [0.1, 0.15) is 25.1 Å². The second-order valence-corrected chi connectivity index (χ2v) is 12.9. The molecule has 12 heteroatoms. The Bertz CT molecular complexity index is 1580. The first-order chi connectivity index (χ1) is 17.7. The van der Waals surface area contributed by atoms with Crippen molar-refractivity contribution in [3.63, 3.8) is 0 Å². The van der Waals surface area contributed by atoms with E-state index in [0.717, 1.165) is 16.6 Å². The number of nitrogens with zero attached hydrogens (tertiary/aromatic N) is 4. The average Bonchev–Trinajstić information content (AvgIpc) is 3.34. The van der Waals surface area contributed by atoms with Gasteiger partial charge in [-0.2, -0.15) is 8.78 Å². The van der Waals surface area contributed by atoms with E-state index in [9.17, 15) is 18.1 Å². The molecule has 4 heterocycles. The molecule has 1 amide bonds. The van der Waals surface area contributed by atoms with Gasteiger partial charge in [-0.05, 0) is 49.6 Å². The highest BCUT2D eigenvalue weighted by atomic mass is 31.2. The fourth-order valence-corrected chi connectivity index (χ4v) is 5.37. The first-order valence-electron chi connectivity index (χ1n) is 11.6. The standard InChI is InChI=1S/C25H22F2N5O4P/c1-37(2,34)12-35-25-28-10-14(11-29-25)13-6-7-16-18(8-13)32-19-9-17(22(32)30-16)31-23(33)15-4-3-5-20(21(15)19)36-24(26)27/h3-8,10-11,17,19,24H,9,12H2,1-2H3,(H,31,33). The van der Waals surface area contributed by atoms with Crippen molar-refractivity contribution in [3.8, 4) is 22.9 Å². The Hall–Kier alpha value is -3.85. The average molecular weight is 525 g/mol. The molecule has 4 aromatic rings. The van der Waals surface area contributed by atoms with Gasteiger partial charge in [-0.15, -0.1) is 0 Å². The number of fused-ring (bicyclic) bond motifs is 9. The van der Waals surface area contributed by atoms with Gasteiger partial charge in [0.05, 0.1) is 23.1 Å². The van der Waals surface area contributed by atoms with E-state index in [0.29, 0.717) is 28.9 Å². The maximum absolute atomic E-state index is 13.2. The number of benzene rings is 2. The lowest BCUT2D eigenvalue weighted by atomic mass is 9.97. The molecule has 0 radical (unpaired) electrons. The summed E-state index contributed by atoms with van der Waals surface area (Å²) in [6, 6.07) is 9.65. The molecule has 0 saturated carbocycles. The Balaban J connectivity index is 1.42. The third kappa shape index (κ3) is 4.23. The van der Waals surface area contributed by atoms with Gasteiger partial charge in [0, 0.05) is 29.1 Å². The summed E-state index contributed by atoms with van der Waals surface area (Å²) in [4.78, 5) is 26.1. The maximum Gasteiger partial charge on any atom is 0.387 e. The summed E-state index contributed by atoms with van der Waals surface area (Å²) in [7, 11) is -2.37. The third-order valence-electron chi connectivity index (χ3n) is 6.43. The number of halogens is 2. The number of aromatic nitrogens is 4. The number of ether oxygens (including phenoxy) is 2. The van der Waals surface area contributed by atoms with Crippen LogP contribution < -0.4 is 14.8 Å². The normalized spacial score (nSPS) is 18.4. The molecular weight excluding hydrogens is 503 g/mol. The summed E-state index contributed by atoms with van der Waals surface area (Å²) in [5.41, 5.74) is 3.77. The van der Waals surface area contributed by atoms with Gasteiger partial charge in [0.15, 0.2) is 0 Å². The van der Waals surface area contributed by atoms with E-state index in [1.807, 2.05) is 22.8 Å². The summed E-state index contributed by atoms with van der Waals surface area (Å²) in [5.74, 6) is 0.293. The van der Waals surface area contributed by atoms with Crippen LogP contribution in [0.3, 0.4) is 0 Å². The van der Waals surface area contributed by atoms with Gasteiger partial charge in [-0.1, -0.05) is 12.1 Å². The number of hydrogen-bond acceptors (Lipinski definition) is 7. The van der Waals surface area contributed by atoms with Crippen molar-refractivity contribution in [2.45, 2.75) is 25.1 Å². The molecule has 2 aliphatic rings. The zero-order valence-corrected chi connectivity index (χ0v) is 20.8. The van der Waals surface area contributed by atoms with Gasteiger partial charge in [-0.3, -0.25) is 4.79 Å². The molecule has 1 N–H and O–H groups in total. The fourth-order valence-electron chi connectivity index (χ4n) is 4.94. The van der Waals surface area contributed by atoms with Crippen LogP contribution in [0, 0.1) is 0 Å². The van der Waals surface area contributed by atoms with Crippen LogP contribution in [0.15, 0.2) is 48.8 Å². The zero-order chi connectivity index (χ0) is 25.9. The summed E-state index contributed by atoms with van der Waals surface area (Å²) in [6.07, 6.45) is 3.76. The van der Waals surface area contributed by atoms with E-state index in [2.05, 4.69) is 15.3 Å². The molecule has 2 unspecified atom stereocenters. The monoisotopic (exact) mass is 525 g/mol. The van der Waals surface area contributed by atoms with Crippen LogP contribution in [0.25, 0.3) is 22.2 Å². The number of hydrogen-bond donors (Lipinski definition) is 1. The van der Waals surface area contributed by atoms with Gasteiger partial charge in [-0.25, -0.2) is 15.0 Å². The minimum Gasteiger partial charge on any atom is -0.456 e. The second kappa shape index (κ2) is 8.62. The minimum atomic E-state index is -3.02. The van der Waals surface area contributed by atoms with Crippen LogP contribution in [0.2, 0.25) is 0 Å². The van der Waals surface area contributed by atoms with Crippen molar-refractivity contribution in [3.05, 3.63) is 65.7 Å². The number of rotatable bonds is 6. The number of amides is 1. The second-order valence-electron chi connectivity index (χ2n) is 9.52.